The van der Waals surface area contributed by atoms with Gasteiger partial charge < -0.3 is 9.64 Å². The maximum absolute atomic E-state index is 11.9. The summed E-state index contributed by atoms with van der Waals surface area (Å²) in [6, 6.07) is 4.85. The highest BCUT2D eigenvalue weighted by molar-refractivity contribution is 6.34. The molecule has 6 heteroatoms. The standard InChI is InChI=1S/C13H13Cl2NO3/c1-19-13(18)10-3-2-9(5-11(10)15)16-7-8(6-14)4-12(16)17/h2-3,5,8H,4,6-7H2,1H3. The maximum Gasteiger partial charge on any atom is 0.339 e. The van der Waals surface area contributed by atoms with Gasteiger partial charge in [-0.2, -0.15) is 0 Å². The van der Waals surface area contributed by atoms with Crippen molar-refractivity contribution in [2.45, 2.75) is 6.42 Å². The average molecular weight is 302 g/mol. The van der Waals surface area contributed by atoms with E-state index in [1.165, 1.54) is 7.11 Å². The van der Waals surface area contributed by atoms with Gasteiger partial charge in [0.2, 0.25) is 5.91 Å². The first kappa shape index (κ1) is 14.2. The van der Waals surface area contributed by atoms with Gasteiger partial charge in [-0.25, -0.2) is 4.79 Å². The molecule has 1 atom stereocenters. The van der Waals surface area contributed by atoms with E-state index in [2.05, 4.69) is 4.74 Å². The second kappa shape index (κ2) is 5.80. The predicted octanol–water partition coefficient (Wildman–Crippen LogP) is 2.72. The summed E-state index contributed by atoms with van der Waals surface area (Å²) in [5.41, 5.74) is 0.962. The van der Waals surface area contributed by atoms with Crippen LogP contribution in [0.15, 0.2) is 18.2 Å². The van der Waals surface area contributed by atoms with Crippen LogP contribution in [-0.2, 0) is 9.53 Å². The first-order chi connectivity index (χ1) is 9.06. The van der Waals surface area contributed by atoms with Gasteiger partial charge in [0.25, 0.3) is 0 Å². The quantitative estimate of drug-likeness (QED) is 0.637. The molecule has 2 rings (SSSR count). The summed E-state index contributed by atoms with van der Waals surface area (Å²) in [6.45, 7) is 0.580. The second-order valence-corrected chi connectivity index (χ2v) is 5.10. The first-order valence-corrected chi connectivity index (χ1v) is 6.72. The van der Waals surface area contributed by atoms with E-state index in [9.17, 15) is 9.59 Å². The minimum atomic E-state index is -0.497. The molecule has 4 nitrogen and oxygen atoms in total. The Balaban J connectivity index is 2.25. The molecule has 0 radical (unpaired) electrons. The van der Waals surface area contributed by atoms with Crippen LogP contribution in [0.4, 0.5) is 5.69 Å². The van der Waals surface area contributed by atoms with Crippen LogP contribution in [0.5, 0.6) is 0 Å². The zero-order valence-corrected chi connectivity index (χ0v) is 11.9. The fourth-order valence-corrected chi connectivity index (χ4v) is 2.54. The Kier molecular flexibility index (Phi) is 4.32. The number of hydrogen-bond acceptors (Lipinski definition) is 3. The SMILES string of the molecule is COC(=O)c1ccc(N2CC(CCl)CC2=O)cc1Cl. The van der Waals surface area contributed by atoms with Crippen molar-refractivity contribution in [1.29, 1.82) is 0 Å². The molecular weight excluding hydrogens is 289 g/mol. The Hall–Kier alpha value is -1.26. The Bertz CT molecular complexity index is 519. The largest absolute Gasteiger partial charge is 0.465 e. The van der Waals surface area contributed by atoms with Crippen LogP contribution in [0.25, 0.3) is 0 Å². The van der Waals surface area contributed by atoms with Gasteiger partial charge in [0.1, 0.15) is 0 Å². The fourth-order valence-electron chi connectivity index (χ4n) is 2.08. The Morgan fingerprint density at radius 1 is 1.53 bits per heavy atom. The van der Waals surface area contributed by atoms with Gasteiger partial charge in [-0.05, 0) is 24.1 Å². The minimum Gasteiger partial charge on any atom is -0.465 e. The molecule has 1 aromatic rings. The van der Waals surface area contributed by atoms with Gasteiger partial charge in [0.05, 0.1) is 17.7 Å². The zero-order valence-electron chi connectivity index (χ0n) is 10.4. The lowest BCUT2D eigenvalue weighted by Crippen LogP contribution is -2.24. The van der Waals surface area contributed by atoms with E-state index in [0.717, 1.165) is 0 Å². The van der Waals surface area contributed by atoms with Gasteiger partial charge in [-0.15, -0.1) is 11.6 Å². The summed E-state index contributed by atoms with van der Waals surface area (Å²) in [7, 11) is 1.29. The van der Waals surface area contributed by atoms with E-state index in [1.807, 2.05) is 0 Å². The summed E-state index contributed by atoms with van der Waals surface area (Å²) in [4.78, 5) is 24.9. The fraction of sp³-hybridized carbons (Fsp3) is 0.385. The summed E-state index contributed by atoms with van der Waals surface area (Å²) in [6.07, 6.45) is 0.444. The lowest BCUT2D eigenvalue weighted by Gasteiger charge is -2.17. The van der Waals surface area contributed by atoms with Crippen molar-refractivity contribution >= 4 is 40.8 Å². The highest BCUT2D eigenvalue weighted by atomic mass is 35.5. The normalized spacial score (nSPS) is 18.8. The van der Waals surface area contributed by atoms with E-state index < -0.39 is 5.97 Å². The minimum absolute atomic E-state index is 0.0209. The number of nitrogens with zero attached hydrogens (tertiary/aromatic N) is 1. The number of ether oxygens (including phenoxy) is 1. The number of anilines is 1. The van der Waals surface area contributed by atoms with E-state index in [0.29, 0.717) is 24.5 Å². The smallest absolute Gasteiger partial charge is 0.339 e. The van der Waals surface area contributed by atoms with Crippen LogP contribution in [0.1, 0.15) is 16.8 Å². The van der Waals surface area contributed by atoms with Crippen molar-refractivity contribution in [2.24, 2.45) is 5.92 Å². The van der Waals surface area contributed by atoms with Crippen LogP contribution in [0, 0.1) is 5.92 Å². The van der Waals surface area contributed by atoms with Crippen molar-refractivity contribution < 1.29 is 14.3 Å². The van der Waals surface area contributed by atoms with Gasteiger partial charge in [0.15, 0.2) is 0 Å². The third kappa shape index (κ3) is 2.85. The third-order valence-corrected chi connectivity index (χ3v) is 3.84. The van der Waals surface area contributed by atoms with Gasteiger partial charge in [0, 0.05) is 24.5 Å². The van der Waals surface area contributed by atoms with Crippen molar-refractivity contribution in [2.75, 3.05) is 24.4 Å². The molecule has 1 aliphatic heterocycles. The van der Waals surface area contributed by atoms with Crippen LogP contribution >= 0.6 is 23.2 Å². The highest BCUT2D eigenvalue weighted by Gasteiger charge is 2.30. The molecule has 1 saturated heterocycles. The number of hydrogen-bond donors (Lipinski definition) is 0. The molecule has 0 saturated carbocycles. The molecule has 1 amide bonds. The summed E-state index contributed by atoms with van der Waals surface area (Å²) in [5, 5.41) is 0.270. The second-order valence-electron chi connectivity index (χ2n) is 4.38. The summed E-state index contributed by atoms with van der Waals surface area (Å²) >= 11 is 11.8. The monoisotopic (exact) mass is 301 g/mol. The number of methoxy groups -OCH3 is 1. The average Bonchev–Trinajstić information content (AvgIpc) is 2.79. The van der Waals surface area contributed by atoms with Crippen LogP contribution < -0.4 is 4.90 Å². The van der Waals surface area contributed by atoms with Crippen LogP contribution in [-0.4, -0.2) is 31.4 Å². The zero-order chi connectivity index (χ0) is 14.0. The molecule has 0 aromatic heterocycles. The summed E-state index contributed by atoms with van der Waals surface area (Å²) in [5.74, 6) is 0.139. The highest BCUT2D eigenvalue weighted by Crippen LogP contribution is 2.29. The van der Waals surface area contributed by atoms with Gasteiger partial charge in [-0.3, -0.25) is 4.79 Å². The van der Waals surface area contributed by atoms with Crippen molar-refractivity contribution in [3.63, 3.8) is 0 Å². The van der Waals surface area contributed by atoms with Crippen molar-refractivity contribution in [1.82, 2.24) is 0 Å². The van der Waals surface area contributed by atoms with E-state index in [4.69, 9.17) is 23.2 Å². The predicted molar refractivity (Wildman–Crippen MR) is 74.0 cm³/mol. The molecule has 0 spiro atoms. The Labute approximate surface area is 121 Å². The maximum atomic E-state index is 11.9. The number of rotatable bonds is 3. The van der Waals surface area contributed by atoms with Crippen molar-refractivity contribution in [3.8, 4) is 0 Å². The number of amides is 1. The molecule has 1 aliphatic rings. The molecule has 1 aromatic carbocycles. The number of benzene rings is 1. The number of carbonyl (C=O) groups is 2. The number of carbonyl (C=O) groups excluding carboxylic acids is 2. The van der Waals surface area contributed by atoms with Crippen LogP contribution in [0.2, 0.25) is 5.02 Å². The molecule has 0 N–H and O–H groups in total. The molecule has 1 unspecified atom stereocenters. The lowest BCUT2D eigenvalue weighted by atomic mass is 10.1. The lowest BCUT2D eigenvalue weighted by molar-refractivity contribution is -0.117. The third-order valence-electron chi connectivity index (χ3n) is 3.09. The number of esters is 1. The molecule has 102 valence electrons. The summed E-state index contributed by atoms with van der Waals surface area (Å²) < 4.78 is 4.62. The van der Waals surface area contributed by atoms with E-state index in [-0.39, 0.29) is 22.4 Å². The number of alkyl halides is 1. The Morgan fingerprint density at radius 2 is 2.26 bits per heavy atom. The molecule has 0 aliphatic carbocycles. The van der Waals surface area contributed by atoms with Gasteiger partial charge >= 0.3 is 5.97 Å². The first-order valence-electron chi connectivity index (χ1n) is 5.81. The van der Waals surface area contributed by atoms with E-state index in [1.54, 1.807) is 23.1 Å². The number of halogens is 2. The molecule has 1 fully saturated rings. The molecule has 0 bridgehead atoms. The molecule has 19 heavy (non-hydrogen) atoms. The Morgan fingerprint density at radius 3 is 2.79 bits per heavy atom. The molecule has 1 heterocycles. The topological polar surface area (TPSA) is 46.6 Å². The van der Waals surface area contributed by atoms with Gasteiger partial charge in [-0.1, -0.05) is 11.6 Å². The van der Waals surface area contributed by atoms with Crippen molar-refractivity contribution in [3.05, 3.63) is 28.8 Å². The van der Waals surface area contributed by atoms with Crippen LogP contribution in [0.3, 0.4) is 0 Å². The molecular formula is C13H13Cl2NO3. The van der Waals surface area contributed by atoms with E-state index >= 15 is 0 Å².